The molecule has 530 valence electrons. The van der Waals surface area contributed by atoms with Crippen LogP contribution in [0.1, 0.15) is 141 Å². The number of nitrogens with one attached hydrogen (secondary N) is 9. The Morgan fingerprint density at radius 2 is 0.745 bits per heavy atom. The number of carbonyl (C=O) groups excluding carboxylic acids is 11. The number of phenolic OH excluding ortho intramolecular Hbond substituents is 4. The third-order valence-electron chi connectivity index (χ3n) is 17.3. The van der Waals surface area contributed by atoms with Gasteiger partial charge < -0.3 is 78.0 Å². The Bertz CT molecular complexity index is 3380. The molecule has 0 saturated heterocycles. The SMILES string of the molecule is CC(=O)CCCN(CCNC(=O)F)CCC(=O)CCCCCC1CN2CCNC(=O)c3cccc(c3O)C(=O)NCCN(CCNC(=O)c3cccc(c3O)C(=O)N1)CCN1CCNC(=O)c3cccc(c3O)C(=O)NCCN(CCNC(=O)c3cccc(c3O)C(=O)NCC1)CC2. The molecule has 3 atom stereocenters. The second-order valence-corrected chi connectivity index (χ2v) is 24.3. The number of ketones is 2. The molecule has 3 unspecified atom stereocenters. The van der Waals surface area contributed by atoms with Crippen LogP contribution in [-0.4, -0.2) is 266 Å². The van der Waals surface area contributed by atoms with E-state index >= 15 is 0 Å². The number of fused-ring (bicyclic) bond motifs is 16. The topological polar surface area (TPSA) is 393 Å². The number of hydrogen-bond acceptors (Lipinski definition) is 20. The minimum Gasteiger partial charge on any atom is -0.506 e. The van der Waals surface area contributed by atoms with Crippen LogP contribution in [0.5, 0.6) is 23.0 Å². The molecule has 4 aliphatic rings. The van der Waals surface area contributed by atoms with Crippen LogP contribution in [0.2, 0.25) is 0 Å². The highest BCUT2D eigenvalue weighted by Gasteiger charge is 2.27. The zero-order valence-electron chi connectivity index (χ0n) is 55.3. The molecule has 13 N–H and O–H groups in total. The molecular weight excluding hydrogens is 1270 g/mol. The number of rotatable bonds is 16. The van der Waals surface area contributed by atoms with Crippen molar-refractivity contribution < 1.29 is 77.6 Å². The van der Waals surface area contributed by atoms with E-state index in [1.54, 1.807) is 0 Å². The Labute approximate surface area is 568 Å². The fourth-order valence-electron chi connectivity index (χ4n) is 11.7. The first-order valence-corrected chi connectivity index (χ1v) is 33.3. The van der Waals surface area contributed by atoms with Gasteiger partial charge in [0, 0.05) is 169 Å². The van der Waals surface area contributed by atoms with Gasteiger partial charge in [0.2, 0.25) is 0 Å². The third-order valence-corrected chi connectivity index (χ3v) is 17.3. The number of para-hydroxylation sites is 4. The second kappa shape index (κ2) is 38.9. The number of Topliss-reactive ketones (excluding diaryl/α,β-unsaturated/α-hetero) is 2. The van der Waals surface area contributed by atoms with E-state index in [0.29, 0.717) is 51.6 Å². The van der Waals surface area contributed by atoms with Gasteiger partial charge in [0.15, 0.2) is 0 Å². The number of phenols is 4. The number of benzene rings is 4. The summed E-state index contributed by atoms with van der Waals surface area (Å²) in [5.41, 5.74) is -1.45. The van der Waals surface area contributed by atoms with Crippen molar-refractivity contribution in [1.82, 2.24) is 72.4 Å². The van der Waals surface area contributed by atoms with Crippen molar-refractivity contribution in [2.45, 2.75) is 64.3 Å². The van der Waals surface area contributed by atoms with Crippen LogP contribution in [-0.2, 0) is 9.59 Å². The van der Waals surface area contributed by atoms with Gasteiger partial charge in [-0.15, -0.1) is 4.39 Å². The Balaban J connectivity index is 1.25. The van der Waals surface area contributed by atoms with E-state index in [1.807, 2.05) is 24.5 Å². The highest BCUT2D eigenvalue weighted by atomic mass is 19.1. The molecule has 30 heteroatoms. The van der Waals surface area contributed by atoms with Crippen LogP contribution in [0, 0.1) is 0 Å². The van der Waals surface area contributed by atoms with Gasteiger partial charge in [-0.25, -0.2) is 4.79 Å². The minimum atomic E-state index is -1.67. The van der Waals surface area contributed by atoms with Crippen molar-refractivity contribution >= 4 is 65.0 Å². The first kappa shape index (κ1) is 75.8. The molecule has 4 heterocycles. The number of aromatic hydroxyl groups is 4. The summed E-state index contributed by atoms with van der Waals surface area (Å²) >= 11 is 0. The molecule has 0 spiro atoms. The van der Waals surface area contributed by atoms with Crippen LogP contribution in [0.25, 0.3) is 0 Å². The lowest BCUT2D eigenvalue weighted by Gasteiger charge is -2.31. The molecule has 29 nitrogen and oxygen atoms in total. The van der Waals surface area contributed by atoms with E-state index in [4.69, 9.17) is 0 Å². The molecule has 4 aromatic rings. The predicted molar refractivity (Wildman–Crippen MR) is 359 cm³/mol. The molecule has 12 bridgehead atoms. The lowest BCUT2D eigenvalue weighted by molar-refractivity contribution is -0.120. The number of unbranched alkanes of at least 4 members (excludes halogenated alkanes) is 2. The normalized spacial score (nSPS) is 20.3. The largest absolute Gasteiger partial charge is 0.506 e. The van der Waals surface area contributed by atoms with Crippen molar-refractivity contribution in [2.75, 3.05) is 151 Å². The fourth-order valence-corrected chi connectivity index (χ4v) is 11.7. The summed E-state index contributed by atoms with van der Waals surface area (Å²) in [4.78, 5) is 157. The van der Waals surface area contributed by atoms with Gasteiger partial charge in [0.1, 0.15) is 34.6 Å². The smallest absolute Gasteiger partial charge is 0.397 e. The van der Waals surface area contributed by atoms with Crippen molar-refractivity contribution in [2.24, 2.45) is 0 Å². The molecule has 4 aromatic carbocycles. The van der Waals surface area contributed by atoms with Crippen molar-refractivity contribution in [3.05, 3.63) is 117 Å². The van der Waals surface area contributed by atoms with E-state index in [2.05, 4.69) is 47.9 Å². The van der Waals surface area contributed by atoms with E-state index in [9.17, 15) is 77.6 Å². The Morgan fingerprint density at radius 1 is 0.418 bits per heavy atom. The predicted octanol–water partition coefficient (Wildman–Crippen LogP) is 1.33. The first-order chi connectivity index (χ1) is 47.2. The summed E-state index contributed by atoms with van der Waals surface area (Å²) < 4.78 is 13.0. The number of nitrogens with zero attached hydrogens (tertiary/aromatic N) is 5. The van der Waals surface area contributed by atoms with Gasteiger partial charge in [0.05, 0.1) is 44.5 Å². The van der Waals surface area contributed by atoms with Gasteiger partial charge in [-0.05, 0) is 81.3 Å². The quantitative estimate of drug-likeness (QED) is 0.0427. The van der Waals surface area contributed by atoms with Crippen molar-refractivity contribution in [3.63, 3.8) is 0 Å². The average molecular weight is 1360 g/mol. The summed E-state index contributed by atoms with van der Waals surface area (Å²) in [6.07, 6.45) is 1.29. The summed E-state index contributed by atoms with van der Waals surface area (Å²) in [6.45, 7) is 4.11. The van der Waals surface area contributed by atoms with Crippen molar-refractivity contribution in [3.8, 4) is 23.0 Å². The first-order valence-electron chi connectivity index (χ1n) is 33.3. The monoisotopic (exact) mass is 1360 g/mol. The molecule has 9 amide bonds. The molecule has 98 heavy (non-hydrogen) atoms. The fraction of sp³-hybridized carbons (Fsp3) is 0.485. The van der Waals surface area contributed by atoms with E-state index < -0.39 is 82.5 Å². The van der Waals surface area contributed by atoms with Crippen molar-refractivity contribution in [1.29, 1.82) is 0 Å². The van der Waals surface area contributed by atoms with Crippen LogP contribution in [0.15, 0.2) is 72.8 Å². The van der Waals surface area contributed by atoms with Crippen LogP contribution in [0.4, 0.5) is 9.18 Å². The highest BCUT2D eigenvalue weighted by molar-refractivity contribution is 6.06. The molecule has 0 aromatic heterocycles. The molecule has 8 rings (SSSR count). The van der Waals surface area contributed by atoms with Crippen LogP contribution >= 0.6 is 0 Å². The second-order valence-electron chi connectivity index (χ2n) is 24.3. The zero-order chi connectivity index (χ0) is 70.5. The molecular formula is C68H91FN14O15. The third kappa shape index (κ3) is 23.6. The Hall–Kier alpha value is -9.62. The molecule has 0 radical (unpaired) electrons. The van der Waals surface area contributed by atoms with E-state index in [0.717, 1.165) is 0 Å². The lowest BCUT2D eigenvalue weighted by atomic mass is 10.0. The Kier molecular flexibility index (Phi) is 30.1. The number of carbonyl (C=O) groups is 11. The van der Waals surface area contributed by atoms with Gasteiger partial charge in [-0.2, -0.15) is 0 Å². The maximum Gasteiger partial charge on any atom is 0.397 e. The van der Waals surface area contributed by atoms with E-state index in [1.165, 1.54) is 79.7 Å². The lowest BCUT2D eigenvalue weighted by Crippen LogP contribution is -2.49. The molecule has 0 fully saturated rings. The highest BCUT2D eigenvalue weighted by Crippen LogP contribution is 2.27. The van der Waals surface area contributed by atoms with Gasteiger partial charge >= 0.3 is 6.16 Å². The molecule has 4 aliphatic heterocycles. The van der Waals surface area contributed by atoms with Crippen LogP contribution < -0.4 is 47.9 Å². The zero-order valence-corrected chi connectivity index (χ0v) is 55.3. The summed E-state index contributed by atoms with van der Waals surface area (Å²) in [5.74, 6) is -7.87. The standard InChI is InChI=1S/C68H91FN14O15/c1-45(84)10-9-30-79(38-29-77-68(69)98)31-21-47(85)12-4-2-3-11-46-44-83-39-28-76-65(95)53-18-7-17-52(58(53)88)62(92)72-24-34-81(35-25-75-66(96)54-19-8-20-55(59(54)89)67(97)78-46)41-40-80-32-22-70-60(90)48-13-5-15-50(56(48)86)63(93)73-26-36-82(42-43-83)37-27-74-64(94)51-16-6-14-49(57(51)87)61(91)71-23-33-80/h5-8,13-20,46,86-89H,2-4,9-12,21-44H2,1H3,(H,70,90)(H,71,91)(H,72,92)(H,73,93)(H,74,94)(H,75,96)(H,76,95)(H,77,98)(H,78,97). The van der Waals surface area contributed by atoms with Gasteiger partial charge in [0.25, 0.3) is 47.3 Å². The summed E-state index contributed by atoms with van der Waals surface area (Å²) in [6, 6.07) is 16.1. The summed E-state index contributed by atoms with van der Waals surface area (Å²) in [7, 11) is 0. The summed E-state index contributed by atoms with van der Waals surface area (Å²) in [5, 5.41) is 71.1. The maximum absolute atomic E-state index is 14.6. The maximum atomic E-state index is 14.6. The Morgan fingerprint density at radius 3 is 1.08 bits per heavy atom. The number of amides is 9. The molecule has 0 aliphatic carbocycles. The van der Waals surface area contributed by atoms with Crippen LogP contribution in [0.3, 0.4) is 0 Å². The molecule has 0 saturated carbocycles. The number of halogens is 1. The number of hydrogen-bond donors (Lipinski definition) is 13. The minimum absolute atomic E-state index is 0.00173. The van der Waals surface area contributed by atoms with E-state index in [-0.39, 0.29) is 206 Å². The van der Waals surface area contributed by atoms with Gasteiger partial charge in [-0.1, -0.05) is 37.1 Å². The average Bonchev–Trinajstić information content (AvgIpc) is 0.908. The van der Waals surface area contributed by atoms with Gasteiger partial charge in [-0.3, -0.25) is 62.8 Å².